The predicted octanol–water partition coefficient (Wildman–Crippen LogP) is 3.33. The zero-order chi connectivity index (χ0) is 14.5. The highest BCUT2D eigenvalue weighted by atomic mass is 15.3. The van der Waals surface area contributed by atoms with Crippen molar-refractivity contribution in [3.63, 3.8) is 0 Å². The molecule has 0 aliphatic heterocycles. The van der Waals surface area contributed by atoms with E-state index in [0.717, 1.165) is 35.5 Å². The molecule has 0 bridgehead atoms. The maximum atomic E-state index is 5.58. The standard InChI is InChI=1S/C16H22N4/c1-11(2)9-10-14-18-15(12(3)16(19-14)20-17)13-7-5-4-6-8-13/h4-8,11H,9-10,17H2,1-3H3,(H,18,19,20). The van der Waals surface area contributed by atoms with Crippen LogP contribution < -0.4 is 11.3 Å². The third-order valence-electron chi connectivity index (χ3n) is 3.32. The summed E-state index contributed by atoms with van der Waals surface area (Å²) >= 11 is 0. The molecule has 20 heavy (non-hydrogen) atoms. The monoisotopic (exact) mass is 270 g/mol. The summed E-state index contributed by atoms with van der Waals surface area (Å²) in [5, 5.41) is 0. The molecule has 0 aliphatic carbocycles. The summed E-state index contributed by atoms with van der Waals surface area (Å²) in [6, 6.07) is 10.1. The van der Waals surface area contributed by atoms with Crippen LogP contribution in [0.25, 0.3) is 11.3 Å². The lowest BCUT2D eigenvalue weighted by Gasteiger charge is -2.13. The molecule has 0 amide bonds. The Morgan fingerprint density at radius 3 is 2.45 bits per heavy atom. The van der Waals surface area contributed by atoms with E-state index in [1.54, 1.807) is 0 Å². The summed E-state index contributed by atoms with van der Waals surface area (Å²) in [5.74, 6) is 7.77. The van der Waals surface area contributed by atoms with Gasteiger partial charge in [-0.2, -0.15) is 0 Å². The van der Waals surface area contributed by atoms with Gasteiger partial charge in [0.25, 0.3) is 0 Å². The molecule has 4 heteroatoms. The van der Waals surface area contributed by atoms with Crippen LogP contribution in [0.2, 0.25) is 0 Å². The number of nitrogens with two attached hydrogens (primary N) is 1. The van der Waals surface area contributed by atoms with Gasteiger partial charge in [-0.15, -0.1) is 0 Å². The second-order valence-corrected chi connectivity index (χ2v) is 5.40. The van der Waals surface area contributed by atoms with E-state index in [0.29, 0.717) is 11.7 Å². The topological polar surface area (TPSA) is 63.8 Å². The first-order chi connectivity index (χ1) is 9.61. The Labute approximate surface area is 120 Å². The van der Waals surface area contributed by atoms with Gasteiger partial charge in [0.15, 0.2) is 0 Å². The zero-order valence-electron chi connectivity index (χ0n) is 12.4. The van der Waals surface area contributed by atoms with Crippen molar-refractivity contribution in [1.29, 1.82) is 0 Å². The second-order valence-electron chi connectivity index (χ2n) is 5.40. The lowest BCUT2D eigenvalue weighted by Crippen LogP contribution is -2.13. The van der Waals surface area contributed by atoms with Crippen molar-refractivity contribution in [2.24, 2.45) is 11.8 Å². The van der Waals surface area contributed by atoms with Crippen molar-refractivity contribution in [2.75, 3.05) is 5.43 Å². The average molecular weight is 270 g/mol. The summed E-state index contributed by atoms with van der Waals surface area (Å²) in [5.41, 5.74) is 5.70. The Hall–Kier alpha value is -1.94. The van der Waals surface area contributed by atoms with Crippen LogP contribution >= 0.6 is 0 Å². The average Bonchev–Trinajstić information content (AvgIpc) is 2.47. The minimum absolute atomic E-state index is 0.634. The maximum Gasteiger partial charge on any atom is 0.147 e. The van der Waals surface area contributed by atoms with Gasteiger partial charge in [-0.1, -0.05) is 44.2 Å². The summed E-state index contributed by atoms with van der Waals surface area (Å²) < 4.78 is 0. The Bertz CT molecular complexity index is 564. The maximum absolute atomic E-state index is 5.58. The van der Waals surface area contributed by atoms with E-state index in [-0.39, 0.29) is 0 Å². The quantitative estimate of drug-likeness (QED) is 0.646. The molecule has 3 N–H and O–H groups in total. The third-order valence-corrected chi connectivity index (χ3v) is 3.32. The number of nitrogen functional groups attached to an aromatic ring is 1. The van der Waals surface area contributed by atoms with Crippen molar-refractivity contribution in [3.05, 3.63) is 41.7 Å². The molecule has 0 atom stereocenters. The lowest BCUT2D eigenvalue weighted by molar-refractivity contribution is 0.575. The fourth-order valence-electron chi connectivity index (χ4n) is 2.11. The summed E-state index contributed by atoms with van der Waals surface area (Å²) in [4.78, 5) is 9.22. The molecule has 0 aliphatic rings. The molecule has 0 unspecified atom stereocenters. The van der Waals surface area contributed by atoms with Crippen LogP contribution in [-0.2, 0) is 6.42 Å². The minimum Gasteiger partial charge on any atom is -0.308 e. The molecule has 0 radical (unpaired) electrons. The van der Waals surface area contributed by atoms with E-state index in [1.165, 1.54) is 0 Å². The Morgan fingerprint density at radius 2 is 1.85 bits per heavy atom. The van der Waals surface area contributed by atoms with Crippen molar-refractivity contribution >= 4 is 5.82 Å². The van der Waals surface area contributed by atoms with Gasteiger partial charge in [-0.05, 0) is 19.3 Å². The van der Waals surface area contributed by atoms with Crippen LogP contribution in [0, 0.1) is 12.8 Å². The van der Waals surface area contributed by atoms with E-state index in [2.05, 4.69) is 36.4 Å². The number of benzene rings is 1. The number of hydrazine groups is 1. The van der Waals surface area contributed by atoms with Gasteiger partial charge in [0.05, 0.1) is 5.69 Å². The number of aromatic nitrogens is 2. The van der Waals surface area contributed by atoms with E-state index >= 15 is 0 Å². The van der Waals surface area contributed by atoms with Crippen molar-refractivity contribution in [1.82, 2.24) is 9.97 Å². The lowest BCUT2D eigenvalue weighted by atomic mass is 10.1. The predicted molar refractivity (Wildman–Crippen MR) is 83.2 cm³/mol. The first-order valence-electron chi connectivity index (χ1n) is 7.01. The fraction of sp³-hybridized carbons (Fsp3) is 0.375. The van der Waals surface area contributed by atoms with Gasteiger partial charge < -0.3 is 5.43 Å². The largest absolute Gasteiger partial charge is 0.308 e. The highest BCUT2D eigenvalue weighted by molar-refractivity contribution is 5.67. The van der Waals surface area contributed by atoms with Crippen LogP contribution in [0.4, 0.5) is 5.82 Å². The van der Waals surface area contributed by atoms with Crippen LogP contribution in [0.5, 0.6) is 0 Å². The van der Waals surface area contributed by atoms with Gasteiger partial charge in [-0.25, -0.2) is 15.8 Å². The molecule has 2 rings (SSSR count). The van der Waals surface area contributed by atoms with Crippen LogP contribution in [-0.4, -0.2) is 9.97 Å². The minimum atomic E-state index is 0.634. The molecule has 106 valence electrons. The van der Waals surface area contributed by atoms with E-state index in [1.807, 2.05) is 25.1 Å². The first-order valence-corrected chi connectivity index (χ1v) is 7.01. The Balaban J connectivity index is 2.42. The number of nitrogens with zero attached hydrogens (tertiary/aromatic N) is 2. The fourth-order valence-corrected chi connectivity index (χ4v) is 2.11. The SMILES string of the molecule is Cc1c(NN)nc(CCC(C)C)nc1-c1ccccc1. The molecule has 1 heterocycles. The molecule has 0 spiro atoms. The van der Waals surface area contributed by atoms with Crippen molar-refractivity contribution in [3.8, 4) is 11.3 Å². The molecular weight excluding hydrogens is 248 g/mol. The number of anilines is 1. The smallest absolute Gasteiger partial charge is 0.147 e. The summed E-state index contributed by atoms with van der Waals surface area (Å²) in [7, 11) is 0. The van der Waals surface area contributed by atoms with E-state index in [4.69, 9.17) is 10.8 Å². The normalized spacial score (nSPS) is 10.8. The number of rotatable bonds is 5. The van der Waals surface area contributed by atoms with Crippen molar-refractivity contribution in [2.45, 2.75) is 33.6 Å². The molecule has 4 nitrogen and oxygen atoms in total. The first kappa shape index (κ1) is 14.5. The molecule has 0 fully saturated rings. The molecule has 1 aromatic carbocycles. The van der Waals surface area contributed by atoms with Crippen LogP contribution in [0.3, 0.4) is 0 Å². The van der Waals surface area contributed by atoms with Gasteiger partial charge in [-0.3, -0.25) is 0 Å². The van der Waals surface area contributed by atoms with Crippen LogP contribution in [0.15, 0.2) is 30.3 Å². The number of hydrogen-bond acceptors (Lipinski definition) is 4. The van der Waals surface area contributed by atoms with Gasteiger partial charge in [0.1, 0.15) is 11.6 Å². The van der Waals surface area contributed by atoms with Crippen molar-refractivity contribution < 1.29 is 0 Å². The molecule has 0 saturated carbocycles. The number of hydrogen-bond donors (Lipinski definition) is 2. The summed E-state index contributed by atoms with van der Waals surface area (Å²) in [6.07, 6.45) is 1.94. The second kappa shape index (κ2) is 6.48. The highest BCUT2D eigenvalue weighted by Crippen LogP contribution is 2.25. The zero-order valence-corrected chi connectivity index (χ0v) is 12.4. The van der Waals surface area contributed by atoms with Crippen LogP contribution in [0.1, 0.15) is 31.7 Å². The Kier molecular flexibility index (Phi) is 4.69. The van der Waals surface area contributed by atoms with E-state index < -0.39 is 0 Å². The Morgan fingerprint density at radius 1 is 1.15 bits per heavy atom. The molecule has 0 saturated heterocycles. The van der Waals surface area contributed by atoms with Gasteiger partial charge in [0.2, 0.25) is 0 Å². The summed E-state index contributed by atoms with van der Waals surface area (Å²) in [6.45, 7) is 6.40. The van der Waals surface area contributed by atoms with Gasteiger partial charge in [0, 0.05) is 17.5 Å². The molecular formula is C16H22N4. The highest BCUT2D eigenvalue weighted by Gasteiger charge is 2.12. The number of aryl methyl sites for hydroxylation is 1. The van der Waals surface area contributed by atoms with E-state index in [9.17, 15) is 0 Å². The number of nitrogens with one attached hydrogen (secondary N) is 1. The third kappa shape index (κ3) is 3.33. The van der Waals surface area contributed by atoms with Gasteiger partial charge >= 0.3 is 0 Å². The molecule has 1 aromatic heterocycles. The molecule has 2 aromatic rings.